The maximum absolute atomic E-state index is 12.6. The van der Waals surface area contributed by atoms with Crippen LogP contribution in [0, 0.1) is 0 Å². The molecule has 0 saturated carbocycles. The SMILES string of the molecule is CNC(=O)C(CCCCCCNC(=O)CCCCCOC1OC(CO)C(O)C(O)C1NC(C)=O)NC(=O)CCCCCOC1OC(C)C(O)C(O)C1NC(C)=O. The van der Waals surface area contributed by atoms with E-state index in [1.165, 1.54) is 20.9 Å². The van der Waals surface area contributed by atoms with E-state index in [1.807, 2.05) is 0 Å². The quantitative estimate of drug-likeness (QED) is 0.0439. The lowest BCUT2D eigenvalue weighted by Gasteiger charge is -2.42. The van der Waals surface area contributed by atoms with Gasteiger partial charge in [-0.15, -0.1) is 0 Å². The van der Waals surface area contributed by atoms with Crippen molar-refractivity contribution in [3.8, 4) is 0 Å². The third-order valence-corrected chi connectivity index (χ3v) is 9.76. The molecular formula is C37H67N5O14. The maximum Gasteiger partial charge on any atom is 0.242 e. The van der Waals surface area contributed by atoms with E-state index in [0.717, 1.165) is 25.7 Å². The summed E-state index contributed by atoms with van der Waals surface area (Å²) < 4.78 is 22.6. The van der Waals surface area contributed by atoms with Gasteiger partial charge in [0, 0.05) is 53.5 Å². The normalized spacial score (nSPS) is 28.2. The molecule has 0 aliphatic carbocycles. The van der Waals surface area contributed by atoms with Crippen LogP contribution < -0.4 is 26.6 Å². The number of carbonyl (C=O) groups excluding carboxylic acids is 5. The fourth-order valence-electron chi connectivity index (χ4n) is 6.55. The maximum atomic E-state index is 12.6. The molecule has 11 unspecified atom stereocenters. The second kappa shape index (κ2) is 26.8. The molecule has 0 aromatic carbocycles. The van der Waals surface area contributed by atoms with Crippen LogP contribution in [0.3, 0.4) is 0 Å². The second-order valence-electron chi connectivity index (χ2n) is 14.5. The van der Waals surface area contributed by atoms with E-state index in [9.17, 15) is 49.5 Å². The molecule has 324 valence electrons. The minimum atomic E-state index is -1.38. The van der Waals surface area contributed by atoms with Crippen LogP contribution in [-0.4, -0.2) is 156 Å². The summed E-state index contributed by atoms with van der Waals surface area (Å²) in [5.74, 6) is -1.37. The number of likely N-dealkylation sites (N-methyl/N-ethyl adjacent to an activating group) is 1. The highest BCUT2D eigenvalue weighted by molar-refractivity contribution is 5.87. The standard InChI is InChI=1S/C37H67N5O14/c1-22-31(48)33(50)29(40-23(2)44)36(55-22)53-19-14-8-11-17-28(47)42-25(35(52)38-4)15-9-5-6-12-18-39-27(46)16-10-7-13-20-54-37-30(41-24(3)45)34(51)32(49)26(21-43)56-37/h22,25-26,29-34,36-37,43,48-51H,5-21H2,1-4H3,(H,38,52)(H,39,46)(H,40,44)(H,41,45)(H,42,47). The molecule has 11 atom stereocenters. The molecule has 2 aliphatic heterocycles. The summed E-state index contributed by atoms with van der Waals surface area (Å²) in [4.78, 5) is 60.3. The molecule has 0 radical (unpaired) electrons. The Morgan fingerprint density at radius 2 is 1.18 bits per heavy atom. The zero-order chi connectivity index (χ0) is 41.6. The fraction of sp³-hybridized carbons (Fsp3) is 0.865. The molecule has 0 spiro atoms. The summed E-state index contributed by atoms with van der Waals surface area (Å²) in [5.41, 5.74) is 0. The summed E-state index contributed by atoms with van der Waals surface area (Å²) in [6.07, 6.45) is -0.893. The minimum Gasteiger partial charge on any atom is -0.394 e. The summed E-state index contributed by atoms with van der Waals surface area (Å²) >= 11 is 0. The molecule has 56 heavy (non-hydrogen) atoms. The Morgan fingerprint density at radius 1 is 0.661 bits per heavy atom. The van der Waals surface area contributed by atoms with E-state index >= 15 is 0 Å². The smallest absolute Gasteiger partial charge is 0.242 e. The molecule has 19 nitrogen and oxygen atoms in total. The first-order valence-corrected chi connectivity index (χ1v) is 19.9. The van der Waals surface area contributed by atoms with Crippen LogP contribution in [0.2, 0.25) is 0 Å². The average Bonchev–Trinajstić information content (AvgIpc) is 3.15. The zero-order valence-electron chi connectivity index (χ0n) is 33.3. The zero-order valence-corrected chi connectivity index (χ0v) is 33.3. The van der Waals surface area contributed by atoms with Crippen molar-refractivity contribution in [3.63, 3.8) is 0 Å². The van der Waals surface area contributed by atoms with Crippen molar-refractivity contribution in [1.29, 1.82) is 0 Å². The lowest BCUT2D eigenvalue weighted by molar-refractivity contribution is -0.270. The Hall–Kier alpha value is -3.01. The lowest BCUT2D eigenvalue weighted by atomic mass is 9.97. The predicted molar refractivity (Wildman–Crippen MR) is 200 cm³/mol. The Kier molecular flexibility index (Phi) is 23.5. The van der Waals surface area contributed by atoms with Crippen LogP contribution in [0.15, 0.2) is 0 Å². The number of amides is 5. The van der Waals surface area contributed by atoms with Crippen molar-refractivity contribution in [2.24, 2.45) is 0 Å². The average molecular weight is 806 g/mol. The van der Waals surface area contributed by atoms with Gasteiger partial charge in [-0.25, -0.2) is 0 Å². The first-order valence-electron chi connectivity index (χ1n) is 19.9. The van der Waals surface area contributed by atoms with Crippen LogP contribution in [-0.2, 0) is 42.9 Å². The van der Waals surface area contributed by atoms with Crippen LogP contribution in [0.1, 0.15) is 104 Å². The monoisotopic (exact) mass is 805 g/mol. The molecule has 2 heterocycles. The fourth-order valence-corrected chi connectivity index (χ4v) is 6.55. The van der Waals surface area contributed by atoms with Gasteiger partial charge in [0.15, 0.2) is 12.6 Å². The number of unbranched alkanes of at least 4 members (excludes halogenated alkanes) is 7. The highest BCUT2D eigenvalue weighted by Crippen LogP contribution is 2.24. The van der Waals surface area contributed by atoms with E-state index in [2.05, 4.69) is 26.6 Å². The van der Waals surface area contributed by atoms with Crippen molar-refractivity contribution >= 4 is 29.5 Å². The highest BCUT2D eigenvalue weighted by Gasteiger charge is 2.46. The van der Waals surface area contributed by atoms with Crippen molar-refractivity contribution < 1.29 is 68.5 Å². The Balaban J connectivity index is 1.54. The molecule has 10 N–H and O–H groups in total. The third-order valence-electron chi connectivity index (χ3n) is 9.76. The molecule has 2 aliphatic rings. The molecule has 0 aromatic rings. The molecule has 19 heteroatoms. The van der Waals surface area contributed by atoms with Gasteiger partial charge in [-0.2, -0.15) is 0 Å². The topological polar surface area (TPSA) is 284 Å². The van der Waals surface area contributed by atoms with E-state index in [0.29, 0.717) is 57.9 Å². The molecule has 0 aromatic heterocycles. The molecule has 2 fully saturated rings. The van der Waals surface area contributed by atoms with Crippen molar-refractivity contribution in [1.82, 2.24) is 26.6 Å². The number of carbonyl (C=O) groups is 5. The Labute approximate surface area is 329 Å². The Bertz CT molecular complexity index is 1200. The number of nitrogens with one attached hydrogen (secondary N) is 5. The number of ether oxygens (including phenoxy) is 4. The number of aliphatic hydroxyl groups is 5. The van der Waals surface area contributed by atoms with E-state index in [4.69, 9.17) is 18.9 Å². The lowest BCUT2D eigenvalue weighted by Crippen LogP contribution is -2.64. The highest BCUT2D eigenvalue weighted by atomic mass is 16.7. The number of hydrogen-bond donors (Lipinski definition) is 10. The van der Waals surface area contributed by atoms with E-state index < -0.39 is 79.8 Å². The van der Waals surface area contributed by atoms with Crippen LogP contribution >= 0.6 is 0 Å². The van der Waals surface area contributed by atoms with Gasteiger partial charge < -0.3 is 71.1 Å². The van der Waals surface area contributed by atoms with Crippen LogP contribution in [0.25, 0.3) is 0 Å². The molecule has 5 amide bonds. The first-order chi connectivity index (χ1) is 26.7. The summed E-state index contributed by atoms with van der Waals surface area (Å²) in [7, 11) is 1.52. The molecule has 0 bridgehead atoms. The van der Waals surface area contributed by atoms with Gasteiger partial charge in [-0.1, -0.05) is 32.1 Å². The summed E-state index contributed by atoms with van der Waals surface area (Å²) in [6.45, 7) is 4.66. The first kappa shape index (κ1) is 49.1. The van der Waals surface area contributed by atoms with E-state index in [1.54, 1.807) is 6.92 Å². The molecule has 2 saturated heterocycles. The summed E-state index contributed by atoms with van der Waals surface area (Å²) in [6, 6.07) is -2.56. The van der Waals surface area contributed by atoms with Gasteiger partial charge >= 0.3 is 0 Å². The van der Waals surface area contributed by atoms with Crippen LogP contribution in [0.4, 0.5) is 0 Å². The van der Waals surface area contributed by atoms with Crippen molar-refractivity contribution in [3.05, 3.63) is 0 Å². The van der Waals surface area contributed by atoms with Gasteiger partial charge in [-0.3, -0.25) is 24.0 Å². The van der Waals surface area contributed by atoms with Gasteiger partial charge in [0.2, 0.25) is 29.5 Å². The van der Waals surface area contributed by atoms with Gasteiger partial charge in [0.1, 0.15) is 48.6 Å². The van der Waals surface area contributed by atoms with Gasteiger partial charge in [-0.05, 0) is 45.4 Å². The van der Waals surface area contributed by atoms with Crippen molar-refractivity contribution in [2.45, 2.75) is 172 Å². The van der Waals surface area contributed by atoms with E-state index in [-0.39, 0.29) is 43.3 Å². The summed E-state index contributed by atoms with van der Waals surface area (Å²) in [5, 5.41) is 63.7. The predicted octanol–water partition coefficient (Wildman–Crippen LogP) is -1.65. The Morgan fingerprint density at radius 3 is 1.73 bits per heavy atom. The number of rotatable bonds is 26. The third kappa shape index (κ3) is 17.6. The molecular weight excluding hydrogens is 738 g/mol. The number of aliphatic hydroxyl groups excluding tert-OH is 5. The van der Waals surface area contributed by atoms with Crippen LogP contribution in [0.5, 0.6) is 0 Å². The second-order valence-corrected chi connectivity index (χ2v) is 14.5. The van der Waals surface area contributed by atoms with Gasteiger partial charge in [0.05, 0.1) is 12.7 Å². The van der Waals surface area contributed by atoms with Crippen molar-refractivity contribution in [2.75, 3.05) is 33.4 Å². The molecule has 2 rings (SSSR count). The minimum absolute atomic E-state index is 0.0610. The van der Waals surface area contributed by atoms with Gasteiger partial charge in [0.25, 0.3) is 0 Å². The number of hydrogen-bond acceptors (Lipinski definition) is 14. The largest absolute Gasteiger partial charge is 0.394 e.